The van der Waals surface area contributed by atoms with E-state index in [2.05, 4.69) is 0 Å². The quantitative estimate of drug-likeness (QED) is 0.733. The van der Waals surface area contributed by atoms with E-state index >= 15 is 0 Å². The van der Waals surface area contributed by atoms with Crippen LogP contribution in [0, 0.1) is 13.8 Å². The molecule has 0 aliphatic rings. The van der Waals surface area contributed by atoms with Crippen LogP contribution in [0.5, 0.6) is 11.5 Å². The molecule has 0 N–H and O–H groups in total. The summed E-state index contributed by atoms with van der Waals surface area (Å²) in [6, 6.07) is 11.7. The van der Waals surface area contributed by atoms with Gasteiger partial charge in [-0.05, 0) is 37.6 Å². The van der Waals surface area contributed by atoms with Crippen LogP contribution in [0.1, 0.15) is 16.7 Å². The third-order valence-electron chi connectivity index (χ3n) is 2.88. The fourth-order valence-electron chi connectivity index (χ4n) is 1.99. The molecular formula is C15H13F3O. The maximum absolute atomic E-state index is 13.0. The highest BCUT2D eigenvalue weighted by atomic mass is 19.4. The average molecular weight is 266 g/mol. The molecule has 0 atom stereocenters. The number of benzene rings is 2. The number of hydrogen-bond acceptors (Lipinski definition) is 1. The van der Waals surface area contributed by atoms with Gasteiger partial charge in [-0.25, -0.2) is 0 Å². The summed E-state index contributed by atoms with van der Waals surface area (Å²) in [6.07, 6.45) is -4.37. The van der Waals surface area contributed by atoms with Gasteiger partial charge in [-0.15, -0.1) is 0 Å². The zero-order valence-corrected chi connectivity index (χ0v) is 10.6. The van der Waals surface area contributed by atoms with Crippen molar-refractivity contribution in [2.45, 2.75) is 20.0 Å². The van der Waals surface area contributed by atoms with Gasteiger partial charge in [0.25, 0.3) is 0 Å². The molecule has 100 valence electrons. The van der Waals surface area contributed by atoms with Gasteiger partial charge < -0.3 is 4.74 Å². The first-order chi connectivity index (χ1) is 8.89. The first-order valence-corrected chi connectivity index (χ1v) is 5.80. The van der Waals surface area contributed by atoms with Gasteiger partial charge in [0.15, 0.2) is 0 Å². The molecule has 0 saturated heterocycles. The largest absolute Gasteiger partial charge is 0.457 e. The third-order valence-corrected chi connectivity index (χ3v) is 2.88. The standard InChI is InChI=1S/C15H13F3O/c1-10-8-9-13(11(2)14(10)15(16,17)18)19-12-6-4-3-5-7-12/h3-9H,1-2H3. The Hall–Kier alpha value is -1.97. The molecule has 0 aliphatic heterocycles. The molecule has 0 fully saturated rings. The molecule has 0 radical (unpaired) electrons. The fourth-order valence-corrected chi connectivity index (χ4v) is 1.99. The lowest BCUT2D eigenvalue weighted by Gasteiger charge is -2.17. The Bertz CT molecular complexity index is 574. The first-order valence-electron chi connectivity index (χ1n) is 5.80. The highest BCUT2D eigenvalue weighted by Crippen LogP contribution is 2.39. The van der Waals surface area contributed by atoms with Crippen LogP contribution < -0.4 is 4.74 Å². The molecule has 0 aromatic heterocycles. The molecule has 2 aromatic carbocycles. The van der Waals surface area contributed by atoms with E-state index in [0.717, 1.165) is 0 Å². The van der Waals surface area contributed by atoms with Crippen LogP contribution in [0.25, 0.3) is 0 Å². The Kier molecular flexibility index (Phi) is 3.51. The SMILES string of the molecule is Cc1ccc(Oc2ccccc2)c(C)c1C(F)(F)F. The molecule has 0 unspecified atom stereocenters. The summed E-state index contributed by atoms with van der Waals surface area (Å²) < 4.78 is 44.4. The molecule has 2 aromatic rings. The molecular weight excluding hydrogens is 253 g/mol. The van der Waals surface area contributed by atoms with Crippen molar-refractivity contribution in [2.75, 3.05) is 0 Å². The van der Waals surface area contributed by atoms with Gasteiger partial charge >= 0.3 is 6.18 Å². The fraction of sp³-hybridized carbons (Fsp3) is 0.200. The van der Waals surface area contributed by atoms with Crippen molar-refractivity contribution < 1.29 is 17.9 Å². The lowest BCUT2D eigenvalue weighted by molar-refractivity contribution is -0.138. The summed E-state index contributed by atoms with van der Waals surface area (Å²) in [6.45, 7) is 2.87. The van der Waals surface area contributed by atoms with E-state index in [1.165, 1.54) is 19.9 Å². The van der Waals surface area contributed by atoms with Crippen molar-refractivity contribution in [3.8, 4) is 11.5 Å². The summed E-state index contributed by atoms with van der Waals surface area (Å²) >= 11 is 0. The number of aryl methyl sites for hydroxylation is 1. The molecule has 0 bridgehead atoms. The number of hydrogen-bond donors (Lipinski definition) is 0. The predicted molar refractivity (Wildman–Crippen MR) is 67.4 cm³/mol. The summed E-state index contributed by atoms with van der Waals surface area (Å²) in [4.78, 5) is 0. The Morgan fingerprint density at radius 3 is 2.11 bits per heavy atom. The Labute approximate surface area is 109 Å². The number of alkyl halides is 3. The molecule has 0 amide bonds. The van der Waals surface area contributed by atoms with Gasteiger partial charge in [0.05, 0.1) is 5.56 Å². The lowest BCUT2D eigenvalue weighted by atomic mass is 10.0. The van der Waals surface area contributed by atoms with E-state index in [1.807, 2.05) is 6.07 Å². The van der Waals surface area contributed by atoms with E-state index in [0.29, 0.717) is 5.75 Å². The maximum atomic E-state index is 13.0. The number of para-hydroxylation sites is 1. The second kappa shape index (κ2) is 4.96. The van der Waals surface area contributed by atoms with E-state index in [1.54, 1.807) is 30.3 Å². The van der Waals surface area contributed by atoms with Crippen molar-refractivity contribution in [1.82, 2.24) is 0 Å². The minimum atomic E-state index is -4.37. The molecule has 19 heavy (non-hydrogen) atoms. The highest BCUT2D eigenvalue weighted by Gasteiger charge is 2.35. The van der Waals surface area contributed by atoms with Crippen LogP contribution in [0.4, 0.5) is 13.2 Å². The molecule has 0 aliphatic carbocycles. The van der Waals surface area contributed by atoms with Crippen molar-refractivity contribution >= 4 is 0 Å². The highest BCUT2D eigenvalue weighted by molar-refractivity contribution is 5.47. The van der Waals surface area contributed by atoms with Crippen molar-refractivity contribution in [2.24, 2.45) is 0 Å². The van der Waals surface area contributed by atoms with Crippen molar-refractivity contribution in [3.63, 3.8) is 0 Å². The normalized spacial score (nSPS) is 11.4. The van der Waals surface area contributed by atoms with Crippen LogP contribution in [0.15, 0.2) is 42.5 Å². The number of halogens is 3. The van der Waals surface area contributed by atoms with E-state index in [4.69, 9.17) is 4.74 Å². The minimum Gasteiger partial charge on any atom is -0.457 e. The molecule has 0 spiro atoms. The average Bonchev–Trinajstić information content (AvgIpc) is 2.32. The van der Waals surface area contributed by atoms with E-state index < -0.39 is 11.7 Å². The van der Waals surface area contributed by atoms with E-state index in [-0.39, 0.29) is 16.9 Å². The van der Waals surface area contributed by atoms with Crippen LogP contribution in [0.3, 0.4) is 0 Å². The monoisotopic (exact) mass is 266 g/mol. The van der Waals surface area contributed by atoms with Gasteiger partial charge in [-0.3, -0.25) is 0 Å². The molecule has 1 nitrogen and oxygen atoms in total. The molecule has 0 heterocycles. The van der Waals surface area contributed by atoms with Crippen LogP contribution in [-0.2, 0) is 6.18 Å². The predicted octanol–water partition coefficient (Wildman–Crippen LogP) is 5.11. The third kappa shape index (κ3) is 2.89. The topological polar surface area (TPSA) is 9.23 Å². The Balaban J connectivity index is 2.44. The zero-order valence-electron chi connectivity index (χ0n) is 10.6. The molecule has 2 rings (SSSR count). The minimum absolute atomic E-state index is 0.108. The van der Waals surface area contributed by atoms with Gasteiger partial charge in [0, 0.05) is 5.56 Å². The summed E-state index contributed by atoms with van der Waals surface area (Å²) in [7, 11) is 0. The van der Waals surface area contributed by atoms with Gasteiger partial charge in [0.1, 0.15) is 11.5 Å². The van der Waals surface area contributed by atoms with E-state index in [9.17, 15) is 13.2 Å². The number of ether oxygens (including phenoxy) is 1. The van der Waals surface area contributed by atoms with Crippen molar-refractivity contribution in [1.29, 1.82) is 0 Å². The number of rotatable bonds is 2. The zero-order chi connectivity index (χ0) is 14.0. The second-order valence-electron chi connectivity index (χ2n) is 4.29. The van der Waals surface area contributed by atoms with Gasteiger partial charge in [-0.1, -0.05) is 24.3 Å². The first kappa shape index (κ1) is 13.5. The lowest BCUT2D eigenvalue weighted by Crippen LogP contribution is -2.10. The Morgan fingerprint density at radius 2 is 1.53 bits per heavy atom. The van der Waals surface area contributed by atoms with Gasteiger partial charge in [-0.2, -0.15) is 13.2 Å². The van der Waals surface area contributed by atoms with Crippen LogP contribution in [0.2, 0.25) is 0 Å². The maximum Gasteiger partial charge on any atom is 0.417 e. The smallest absolute Gasteiger partial charge is 0.417 e. The second-order valence-corrected chi connectivity index (χ2v) is 4.29. The Morgan fingerprint density at radius 1 is 0.895 bits per heavy atom. The van der Waals surface area contributed by atoms with Gasteiger partial charge in [0.2, 0.25) is 0 Å². The van der Waals surface area contributed by atoms with Crippen LogP contribution in [-0.4, -0.2) is 0 Å². The molecule has 4 heteroatoms. The molecule has 0 saturated carbocycles. The summed E-state index contributed by atoms with van der Waals surface area (Å²) in [5, 5.41) is 0. The summed E-state index contributed by atoms with van der Waals surface area (Å²) in [5.41, 5.74) is -0.317. The summed E-state index contributed by atoms with van der Waals surface area (Å²) in [5.74, 6) is 0.742. The van der Waals surface area contributed by atoms with Crippen molar-refractivity contribution in [3.05, 3.63) is 59.2 Å². The van der Waals surface area contributed by atoms with Crippen LogP contribution >= 0.6 is 0 Å².